The molecule has 2 rings (SSSR count). The number of carbonyl (C=O) groups excluding carboxylic acids is 1. The minimum absolute atomic E-state index is 0.305. The van der Waals surface area contributed by atoms with Crippen LogP contribution in [0.1, 0.15) is 11.1 Å². The monoisotopic (exact) mass is 359 g/mol. The van der Waals surface area contributed by atoms with Gasteiger partial charge in [0, 0.05) is 32.7 Å². The molecule has 0 spiro atoms. The highest BCUT2D eigenvalue weighted by atomic mass is 19.4. The highest BCUT2D eigenvalue weighted by molar-refractivity contribution is 5.77. The van der Waals surface area contributed by atoms with Crippen LogP contribution in [0, 0.1) is 13.8 Å². The lowest BCUT2D eigenvalue weighted by Crippen LogP contribution is -2.57. The number of carbonyl (C=O) groups is 1. The first-order chi connectivity index (χ1) is 11.8. The predicted molar refractivity (Wildman–Crippen MR) is 88.7 cm³/mol. The van der Waals surface area contributed by atoms with E-state index in [1.54, 1.807) is 6.07 Å². The Kier molecular flexibility index (Phi) is 6.66. The fourth-order valence-corrected chi connectivity index (χ4v) is 2.71. The third-order valence-corrected chi connectivity index (χ3v) is 4.17. The van der Waals surface area contributed by atoms with E-state index < -0.39 is 24.7 Å². The van der Waals surface area contributed by atoms with Crippen molar-refractivity contribution in [3.8, 4) is 5.75 Å². The van der Waals surface area contributed by atoms with E-state index in [0.717, 1.165) is 11.1 Å². The topological polar surface area (TPSA) is 53.6 Å². The minimum atomic E-state index is -4.39. The summed E-state index contributed by atoms with van der Waals surface area (Å²) in [4.78, 5) is 13.2. The number of hydrogen-bond acceptors (Lipinski definition) is 4. The summed E-state index contributed by atoms with van der Waals surface area (Å²) in [7, 11) is 0. The van der Waals surface area contributed by atoms with Gasteiger partial charge in [0.25, 0.3) is 5.91 Å². The molecule has 1 aromatic carbocycles. The molecular weight excluding hydrogens is 335 g/mol. The molecule has 1 atom stereocenters. The second-order valence-corrected chi connectivity index (χ2v) is 6.21. The highest BCUT2D eigenvalue weighted by Gasteiger charge is 2.43. The fraction of sp³-hybridized carbons (Fsp3) is 0.588. The van der Waals surface area contributed by atoms with Crippen LogP contribution in [0.2, 0.25) is 0 Å². The molecule has 0 radical (unpaired) electrons. The summed E-state index contributed by atoms with van der Waals surface area (Å²) in [5.41, 5.74) is 1.85. The molecule has 8 heteroatoms. The molecule has 1 fully saturated rings. The van der Waals surface area contributed by atoms with Gasteiger partial charge in [-0.05, 0) is 31.0 Å². The Morgan fingerprint density at radius 3 is 2.64 bits per heavy atom. The summed E-state index contributed by atoms with van der Waals surface area (Å²) in [6.45, 7) is 4.59. The lowest BCUT2D eigenvalue weighted by molar-refractivity contribution is -0.184. The van der Waals surface area contributed by atoms with Gasteiger partial charge in [0.2, 0.25) is 0 Å². The molecule has 1 unspecified atom stereocenters. The van der Waals surface area contributed by atoms with E-state index >= 15 is 0 Å². The van der Waals surface area contributed by atoms with Crippen LogP contribution < -0.4 is 15.4 Å². The molecule has 1 heterocycles. The van der Waals surface area contributed by atoms with Crippen LogP contribution in [0.4, 0.5) is 13.2 Å². The van der Waals surface area contributed by atoms with Gasteiger partial charge in [-0.15, -0.1) is 0 Å². The molecule has 0 saturated carbocycles. The van der Waals surface area contributed by atoms with E-state index in [2.05, 4.69) is 10.6 Å². The average molecular weight is 359 g/mol. The zero-order valence-corrected chi connectivity index (χ0v) is 14.4. The van der Waals surface area contributed by atoms with Gasteiger partial charge in [0.1, 0.15) is 11.8 Å². The Labute approximate surface area is 145 Å². The van der Waals surface area contributed by atoms with E-state index in [-0.39, 0.29) is 6.61 Å². The number of ether oxygens (including phenoxy) is 1. The maximum absolute atomic E-state index is 13.3. The number of aryl methyl sites for hydroxylation is 2. The maximum atomic E-state index is 13.3. The molecule has 1 aliphatic rings. The molecule has 2 N–H and O–H groups in total. The number of amides is 1. The van der Waals surface area contributed by atoms with Crippen LogP contribution in [0.3, 0.4) is 0 Å². The van der Waals surface area contributed by atoms with Crippen molar-refractivity contribution in [1.82, 2.24) is 15.5 Å². The van der Waals surface area contributed by atoms with Crippen molar-refractivity contribution in [3.63, 3.8) is 0 Å². The number of nitrogens with one attached hydrogen (secondary N) is 2. The van der Waals surface area contributed by atoms with Crippen LogP contribution in [-0.2, 0) is 4.79 Å². The highest BCUT2D eigenvalue weighted by Crippen LogP contribution is 2.25. The van der Waals surface area contributed by atoms with E-state index in [0.29, 0.717) is 31.9 Å². The van der Waals surface area contributed by atoms with Gasteiger partial charge < -0.3 is 15.4 Å². The number of benzene rings is 1. The maximum Gasteiger partial charge on any atom is 0.405 e. The van der Waals surface area contributed by atoms with E-state index in [9.17, 15) is 18.0 Å². The molecule has 1 aromatic rings. The van der Waals surface area contributed by atoms with Crippen LogP contribution in [0.15, 0.2) is 18.2 Å². The molecule has 5 nitrogen and oxygen atoms in total. The zero-order chi connectivity index (χ0) is 18.4. The molecular formula is C17H24F3N3O2. The largest absolute Gasteiger partial charge is 0.483 e. The van der Waals surface area contributed by atoms with E-state index in [1.807, 2.05) is 26.0 Å². The Morgan fingerprint density at radius 1 is 1.32 bits per heavy atom. The molecule has 0 aromatic heterocycles. The first kappa shape index (κ1) is 19.5. The van der Waals surface area contributed by atoms with Crippen molar-refractivity contribution in [3.05, 3.63) is 29.3 Å². The third kappa shape index (κ3) is 5.89. The first-order valence-electron chi connectivity index (χ1n) is 8.25. The van der Waals surface area contributed by atoms with Crippen molar-refractivity contribution >= 4 is 5.91 Å². The van der Waals surface area contributed by atoms with Crippen molar-refractivity contribution in [2.24, 2.45) is 0 Å². The standard InChI is InChI=1S/C17H24F3N3O2/c1-12-3-4-13(2)14(9-12)25-11-16(24)22-10-15(17(18,19)20)23-7-5-21-6-8-23/h3-4,9,15,21H,5-8,10-11H2,1-2H3,(H,22,24). The normalized spacial score (nSPS) is 17.2. The molecule has 1 saturated heterocycles. The van der Waals surface area contributed by atoms with Crippen molar-refractivity contribution in [2.75, 3.05) is 39.3 Å². The molecule has 0 bridgehead atoms. The second kappa shape index (κ2) is 8.53. The van der Waals surface area contributed by atoms with E-state index in [4.69, 9.17) is 4.74 Å². The zero-order valence-electron chi connectivity index (χ0n) is 14.4. The molecule has 0 aliphatic carbocycles. The van der Waals surface area contributed by atoms with Gasteiger partial charge in [-0.25, -0.2) is 0 Å². The summed E-state index contributed by atoms with van der Waals surface area (Å²) in [5.74, 6) is -0.00471. The van der Waals surface area contributed by atoms with Gasteiger partial charge in [-0.1, -0.05) is 12.1 Å². The summed E-state index contributed by atoms with van der Waals surface area (Å²) >= 11 is 0. The van der Waals surface area contributed by atoms with Crippen LogP contribution >= 0.6 is 0 Å². The number of piperazine rings is 1. The Bertz CT molecular complexity index is 587. The summed E-state index contributed by atoms with van der Waals surface area (Å²) in [6.07, 6.45) is -4.39. The SMILES string of the molecule is Cc1ccc(C)c(OCC(=O)NCC(N2CCNCC2)C(F)(F)F)c1. The van der Waals surface area contributed by atoms with Crippen molar-refractivity contribution < 1.29 is 22.7 Å². The summed E-state index contributed by atoms with van der Waals surface area (Å²) < 4.78 is 45.2. The molecule has 1 aliphatic heterocycles. The molecule has 1 amide bonds. The number of rotatable bonds is 6. The summed E-state index contributed by atoms with van der Waals surface area (Å²) in [5, 5.41) is 5.36. The van der Waals surface area contributed by atoms with Crippen LogP contribution in [0.25, 0.3) is 0 Å². The number of nitrogens with zero attached hydrogens (tertiary/aromatic N) is 1. The first-order valence-corrected chi connectivity index (χ1v) is 8.25. The molecule has 140 valence electrons. The lowest BCUT2D eigenvalue weighted by Gasteiger charge is -2.35. The fourth-order valence-electron chi connectivity index (χ4n) is 2.71. The third-order valence-electron chi connectivity index (χ3n) is 4.17. The van der Waals surface area contributed by atoms with Crippen LogP contribution in [-0.4, -0.2) is 62.4 Å². The quantitative estimate of drug-likeness (QED) is 0.811. The Hall–Kier alpha value is -1.80. The Morgan fingerprint density at radius 2 is 2.00 bits per heavy atom. The van der Waals surface area contributed by atoms with Gasteiger partial charge in [0.05, 0.1) is 0 Å². The smallest absolute Gasteiger partial charge is 0.405 e. The Balaban J connectivity index is 1.87. The van der Waals surface area contributed by atoms with Crippen LogP contribution in [0.5, 0.6) is 5.75 Å². The van der Waals surface area contributed by atoms with Gasteiger partial charge >= 0.3 is 6.18 Å². The number of halogens is 3. The number of alkyl halides is 3. The lowest BCUT2D eigenvalue weighted by atomic mass is 10.1. The minimum Gasteiger partial charge on any atom is -0.483 e. The second-order valence-electron chi connectivity index (χ2n) is 6.21. The van der Waals surface area contributed by atoms with Gasteiger partial charge in [0.15, 0.2) is 6.61 Å². The van der Waals surface area contributed by atoms with Gasteiger partial charge in [-0.2, -0.15) is 13.2 Å². The predicted octanol–water partition coefficient (Wildman–Crippen LogP) is 1.63. The van der Waals surface area contributed by atoms with Gasteiger partial charge in [-0.3, -0.25) is 9.69 Å². The molecule has 25 heavy (non-hydrogen) atoms. The number of hydrogen-bond donors (Lipinski definition) is 2. The summed E-state index contributed by atoms with van der Waals surface area (Å²) in [6, 6.07) is 3.90. The van der Waals surface area contributed by atoms with Crippen molar-refractivity contribution in [2.45, 2.75) is 26.1 Å². The average Bonchev–Trinajstić information content (AvgIpc) is 2.55. The van der Waals surface area contributed by atoms with Crippen molar-refractivity contribution in [1.29, 1.82) is 0 Å². The van der Waals surface area contributed by atoms with E-state index in [1.165, 1.54) is 4.90 Å².